The van der Waals surface area contributed by atoms with Crippen molar-refractivity contribution < 1.29 is 14.2 Å². The summed E-state index contributed by atoms with van der Waals surface area (Å²) in [7, 11) is 0. The second kappa shape index (κ2) is 8.86. The highest BCUT2D eigenvalue weighted by atomic mass is 16.6. The number of anilines is 1. The number of nitrogen functional groups attached to an aromatic ring is 1. The molecule has 12 nitrogen and oxygen atoms in total. The molecule has 3 heterocycles. The van der Waals surface area contributed by atoms with Gasteiger partial charge in [-0.05, 0) is 47.6 Å². The van der Waals surface area contributed by atoms with Gasteiger partial charge in [-0.3, -0.25) is 4.79 Å². The van der Waals surface area contributed by atoms with Crippen LogP contribution in [0.1, 0.15) is 23.0 Å². The van der Waals surface area contributed by atoms with Gasteiger partial charge in [-0.25, -0.2) is 10.1 Å². The van der Waals surface area contributed by atoms with Crippen LogP contribution < -0.4 is 15.9 Å². The number of para-hydroxylation sites is 1. The van der Waals surface area contributed by atoms with Crippen LogP contribution in [0.25, 0.3) is 28.0 Å². The molecule has 0 unspecified atom stereocenters. The van der Waals surface area contributed by atoms with Crippen LogP contribution in [0.3, 0.4) is 0 Å². The lowest BCUT2D eigenvalue weighted by molar-refractivity contribution is 0.0950. The van der Waals surface area contributed by atoms with E-state index >= 15 is 0 Å². The molecule has 0 aliphatic heterocycles. The molecule has 0 saturated carbocycles. The Bertz CT molecular complexity index is 1480. The SMILES string of the molecule is CCOc1ccc(-c2c(C(=O)N/N=C/c3c[nH]c4ccccc34)nnn2-c2nonc2N)cc1. The number of aromatic nitrogens is 6. The molecule has 5 aromatic rings. The number of nitrogens with two attached hydrogens (primary N) is 1. The Kier molecular flexibility index (Phi) is 5.44. The summed E-state index contributed by atoms with van der Waals surface area (Å²) in [6, 6.07) is 14.9. The molecule has 34 heavy (non-hydrogen) atoms. The van der Waals surface area contributed by atoms with Crippen LogP contribution in [0, 0.1) is 0 Å². The van der Waals surface area contributed by atoms with Crippen molar-refractivity contribution in [1.29, 1.82) is 0 Å². The highest BCUT2D eigenvalue weighted by Crippen LogP contribution is 2.28. The number of ether oxygens (including phenoxy) is 1. The molecule has 4 N–H and O–H groups in total. The number of hydrogen-bond donors (Lipinski definition) is 3. The van der Waals surface area contributed by atoms with E-state index in [-0.39, 0.29) is 17.3 Å². The first-order chi connectivity index (χ1) is 16.7. The van der Waals surface area contributed by atoms with Gasteiger partial charge in [0.1, 0.15) is 11.4 Å². The molecule has 1 amide bonds. The molecule has 5 rings (SSSR count). The first-order valence-corrected chi connectivity index (χ1v) is 10.3. The van der Waals surface area contributed by atoms with Gasteiger partial charge in [-0.15, -0.1) is 5.10 Å². The minimum Gasteiger partial charge on any atom is -0.494 e. The Labute approximate surface area is 192 Å². The van der Waals surface area contributed by atoms with Crippen LogP contribution >= 0.6 is 0 Å². The largest absolute Gasteiger partial charge is 0.494 e. The van der Waals surface area contributed by atoms with Crippen molar-refractivity contribution in [1.82, 2.24) is 35.7 Å². The summed E-state index contributed by atoms with van der Waals surface area (Å²) in [5.74, 6) is 0.225. The number of nitrogens with zero attached hydrogens (tertiary/aromatic N) is 6. The van der Waals surface area contributed by atoms with Crippen LogP contribution in [0.5, 0.6) is 5.75 Å². The maximum absolute atomic E-state index is 13.0. The number of aromatic amines is 1. The van der Waals surface area contributed by atoms with Gasteiger partial charge in [0.25, 0.3) is 5.91 Å². The maximum Gasteiger partial charge on any atom is 0.294 e. The Hall–Kier alpha value is -5.00. The number of amides is 1. The highest BCUT2D eigenvalue weighted by molar-refractivity contribution is 6.01. The third kappa shape index (κ3) is 3.83. The lowest BCUT2D eigenvalue weighted by atomic mass is 10.1. The molecule has 0 spiro atoms. The minimum atomic E-state index is -0.568. The van der Waals surface area contributed by atoms with E-state index in [2.05, 4.69) is 36.1 Å². The summed E-state index contributed by atoms with van der Waals surface area (Å²) < 4.78 is 11.5. The number of carbonyl (C=O) groups excluding carboxylic acids is 1. The first-order valence-electron chi connectivity index (χ1n) is 10.3. The summed E-state index contributed by atoms with van der Waals surface area (Å²) in [6.07, 6.45) is 3.36. The molecule has 0 aliphatic rings. The summed E-state index contributed by atoms with van der Waals surface area (Å²) in [5.41, 5.74) is 11.1. The molecule has 0 radical (unpaired) electrons. The number of rotatable bonds is 7. The number of hydrazone groups is 1. The minimum absolute atomic E-state index is 0.00130. The maximum atomic E-state index is 13.0. The first kappa shape index (κ1) is 20.9. The summed E-state index contributed by atoms with van der Waals surface area (Å²) >= 11 is 0. The predicted molar refractivity (Wildman–Crippen MR) is 124 cm³/mol. The van der Waals surface area contributed by atoms with Crippen molar-refractivity contribution in [3.8, 4) is 22.8 Å². The molecule has 170 valence electrons. The monoisotopic (exact) mass is 457 g/mol. The molecule has 2 aromatic carbocycles. The van der Waals surface area contributed by atoms with E-state index in [9.17, 15) is 4.79 Å². The van der Waals surface area contributed by atoms with E-state index in [1.54, 1.807) is 30.5 Å². The van der Waals surface area contributed by atoms with Gasteiger partial charge in [-0.1, -0.05) is 23.4 Å². The Morgan fingerprint density at radius 3 is 2.82 bits per heavy atom. The van der Waals surface area contributed by atoms with Gasteiger partial charge in [0.05, 0.1) is 12.8 Å². The third-order valence-corrected chi connectivity index (χ3v) is 5.01. The van der Waals surface area contributed by atoms with Crippen LogP contribution in [0.15, 0.2) is 64.5 Å². The lowest BCUT2D eigenvalue weighted by Gasteiger charge is -2.07. The lowest BCUT2D eigenvalue weighted by Crippen LogP contribution is -2.19. The zero-order valence-electron chi connectivity index (χ0n) is 18.0. The second-order valence-corrected chi connectivity index (χ2v) is 7.12. The van der Waals surface area contributed by atoms with E-state index in [1.165, 1.54) is 4.68 Å². The Morgan fingerprint density at radius 1 is 1.24 bits per heavy atom. The molecule has 0 atom stereocenters. The average molecular weight is 457 g/mol. The molecule has 0 fully saturated rings. The molecular formula is C22H19N9O3. The molecule has 0 saturated heterocycles. The molecule has 3 aromatic heterocycles. The molecule has 0 aliphatic carbocycles. The third-order valence-electron chi connectivity index (χ3n) is 5.01. The molecule has 12 heteroatoms. The van der Waals surface area contributed by atoms with Crippen molar-refractivity contribution in [2.24, 2.45) is 5.10 Å². The van der Waals surface area contributed by atoms with Gasteiger partial charge < -0.3 is 15.5 Å². The fourth-order valence-electron chi connectivity index (χ4n) is 3.47. The van der Waals surface area contributed by atoms with E-state index < -0.39 is 5.91 Å². The van der Waals surface area contributed by atoms with Crippen LogP contribution in [0.2, 0.25) is 0 Å². The van der Waals surface area contributed by atoms with Crippen molar-refractivity contribution in [3.05, 3.63) is 66.0 Å². The number of H-pyrrole nitrogens is 1. The topological polar surface area (TPSA) is 162 Å². The normalized spacial score (nSPS) is 11.3. The number of hydrogen-bond acceptors (Lipinski definition) is 9. The van der Waals surface area contributed by atoms with E-state index in [0.29, 0.717) is 23.6 Å². The van der Waals surface area contributed by atoms with Crippen molar-refractivity contribution >= 4 is 28.8 Å². The molecule has 0 bridgehead atoms. The van der Waals surface area contributed by atoms with E-state index in [4.69, 9.17) is 15.1 Å². The predicted octanol–water partition coefficient (Wildman–Crippen LogP) is 2.54. The average Bonchev–Trinajstić information content (AvgIpc) is 3.58. The Balaban J connectivity index is 1.47. The van der Waals surface area contributed by atoms with E-state index in [0.717, 1.165) is 16.5 Å². The summed E-state index contributed by atoms with van der Waals surface area (Å²) in [6.45, 7) is 2.43. The molecular weight excluding hydrogens is 438 g/mol. The van der Waals surface area contributed by atoms with Gasteiger partial charge in [-0.2, -0.15) is 9.78 Å². The highest BCUT2D eigenvalue weighted by Gasteiger charge is 2.25. The Morgan fingerprint density at radius 2 is 2.06 bits per heavy atom. The van der Waals surface area contributed by atoms with Gasteiger partial charge in [0.15, 0.2) is 5.69 Å². The number of carbonyl (C=O) groups is 1. The second-order valence-electron chi connectivity index (χ2n) is 7.12. The quantitative estimate of drug-likeness (QED) is 0.248. The van der Waals surface area contributed by atoms with Crippen molar-refractivity contribution in [2.75, 3.05) is 12.3 Å². The fourth-order valence-corrected chi connectivity index (χ4v) is 3.47. The van der Waals surface area contributed by atoms with Crippen LogP contribution in [-0.4, -0.2) is 49.0 Å². The number of benzene rings is 2. The smallest absolute Gasteiger partial charge is 0.294 e. The van der Waals surface area contributed by atoms with Gasteiger partial charge >= 0.3 is 0 Å². The number of nitrogens with one attached hydrogen (secondary N) is 2. The van der Waals surface area contributed by atoms with Crippen molar-refractivity contribution in [2.45, 2.75) is 6.92 Å². The van der Waals surface area contributed by atoms with Crippen LogP contribution in [0.4, 0.5) is 5.82 Å². The van der Waals surface area contributed by atoms with Gasteiger partial charge in [0, 0.05) is 28.2 Å². The van der Waals surface area contributed by atoms with E-state index in [1.807, 2.05) is 37.4 Å². The zero-order chi connectivity index (χ0) is 23.5. The summed E-state index contributed by atoms with van der Waals surface area (Å²) in [5, 5.41) is 20.5. The number of fused-ring (bicyclic) bond motifs is 1. The van der Waals surface area contributed by atoms with Gasteiger partial charge in [0.2, 0.25) is 11.6 Å². The fraction of sp³-hybridized carbons (Fsp3) is 0.0909. The zero-order valence-corrected chi connectivity index (χ0v) is 18.0. The summed E-state index contributed by atoms with van der Waals surface area (Å²) in [4.78, 5) is 16.2. The van der Waals surface area contributed by atoms with Crippen LogP contribution in [-0.2, 0) is 0 Å². The van der Waals surface area contributed by atoms with Crippen molar-refractivity contribution in [3.63, 3.8) is 0 Å². The standard InChI is InChI=1S/C22H19N9O3/c1-2-33-15-9-7-13(8-10-15)19-18(26-30-31(19)21-20(23)28-34-29-21)22(32)27-25-12-14-11-24-17-6-4-3-5-16(14)17/h3-12,24H,2H2,1H3,(H2,23,28)(H,27,32)/b25-12+.